The van der Waals surface area contributed by atoms with Gasteiger partial charge in [0.05, 0.1) is 24.7 Å². The summed E-state index contributed by atoms with van der Waals surface area (Å²) in [5, 5.41) is 12.1. The van der Waals surface area contributed by atoms with Crippen LogP contribution < -0.4 is 5.32 Å². The highest BCUT2D eigenvalue weighted by molar-refractivity contribution is 14.1. The Morgan fingerprint density at radius 2 is 2.24 bits per heavy atom. The van der Waals surface area contributed by atoms with Crippen LogP contribution in [-0.4, -0.2) is 46.8 Å². The SMILES string of the molecule is N#C[C@@H]1CC(F)(F)CN1C(=O)CNC(=O)c1c[nH]c2ccc(I)cc12. The molecule has 130 valence electrons. The van der Waals surface area contributed by atoms with Crippen LogP contribution in [0.25, 0.3) is 10.9 Å². The summed E-state index contributed by atoms with van der Waals surface area (Å²) in [6.07, 6.45) is 0.854. The third kappa shape index (κ3) is 3.58. The van der Waals surface area contributed by atoms with Crippen molar-refractivity contribution >= 4 is 45.3 Å². The summed E-state index contributed by atoms with van der Waals surface area (Å²) in [5.41, 5.74) is 1.14. The Morgan fingerprint density at radius 1 is 1.48 bits per heavy atom. The van der Waals surface area contributed by atoms with E-state index in [1.54, 1.807) is 6.07 Å². The average Bonchev–Trinajstić information content (AvgIpc) is 3.12. The van der Waals surface area contributed by atoms with Gasteiger partial charge in [-0.05, 0) is 40.8 Å². The maximum absolute atomic E-state index is 13.4. The van der Waals surface area contributed by atoms with Gasteiger partial charge in [-0.1, -0.05) is 0 Å². The molecule has 0 unspecified atom stereocenters. The molecule has 1 aliphatic rings. The minimum absolute atomic E-state index is 0.366. The van der Waals surface area contributed by atoms with Gasteiger partial charge in [0.25, 0.3) is 11.8 Å². The van der Waals surface area contributed by atoms with Gasteiger partial charge in [-0.2, -0.15) is 5.26 Å². The molecule has 1 aromatic carbocycles. The molecule has 3 rings (SSSR count). The van der Waals surface area contributed by atoms with Gasteiger partial charge >= 0.3 is 0 Å². The van der Waals surface area contributed by atoms with Gasteiger partial charge in [-0.15, -0.1) is 0 Å². The summed E-state index contributed by atoms with van der Waals surface area (Å²) in [4.78, 5) is 28.2. The molecule has 1 fully saturated rings. The second-order valence-corrected chi connectivity index (χ2v) is 7.05. The zero-order chi connectivity index (χ0) is 18.2. The second-order valence-electron chi connectivity index (χ2n) is 5.80. The minimum Gasteiger partial charge on any atom is -0.360 e. The van der Waals surface area contributed by atoms with E-state index in [0.29, 0.717) is 10.9 Å². The van der Waals surface area contributed by atoms with Crippen molar-refractivity contribution in [2.75, 3.05) is 13.1 Å². The van der Waals surface area contributed by atoms with E-state index in [1.807, 2.05) is 18.2 Å². The first-order valence-electron chi connectivity index (χ1n) is 7.42. The molecular weight excluding hydrogens is 445 g/mol. The molecule has 0 radical (unpaired) electrons. The molecule has 2 aromatic rings. The molecule has 25 heavy (non-hydrogen) atoms. The normalized spacial score (nSPS) is 19.0. The van der Waals surface area contributed by atoms with Gasteiger partial charge in [0.1, 0.15) is 6.04 Å². The number of fused-ring (bicyclic) bond motifs is 1. The summed E-state index contributed by atoms with van der Waals surface area (Å²) < 4.78 is 27.7. The second kappa shape index (κ2) is 6.59. The van der Waals surface area contributed by atoms with Crippen LogP contribution in [0.2, 0.25) is 0 Å². The van der Waals surface area contributed by atoms with Crippen LogP contribution in [-0.2, 0) is 4.79 Å². The van der Waals surface area contributed by atoms with E-state index >= 15 is 0 Å². The fourth-order valence-corrected chi connectivity index (χ4v) is 3.32. The van der Waals surface area contributed by atoms with E-state index in [-0.39, 0.29) is 0 Å². The summed E-state index contributed by atoms with van der Waals surface area (Å²) in [6.45, 7) is -1.24. The van der Waals surface area contributed by atoms with Crippen molar-refractivity contribution in [3.63, 3.8) is 0 Å². The molecule has 2 heterocycles. The fourth-order valence-electron chi connectivity index (χ4n) is 2.83. The largest absolute Gasteiger partial charge is 0.360 e. The van der Waals surface area contributed by atoms with E-state index in [9.17, 15) is 18.4 Å². The number of likely N-dealkylation sites (tertiary alicyclic amines) is 1. The number of H-pyrrole nitrogens is 1. The Kier molecular flexibility index (Phi) is 4.64. The third-order valence-corrected chi connectivity index (χ3v) is 4.70. The van der Waals surface area contributed by atoms with Crippen LogP contribution in [0.5, 0.6) is 0 Å². The van der Waals surface area contributed by atoms with Crippen molar-refractivity contribution in [1.82, 2.24) is 15.2 Å². The van der Waals surface area contributed by atoms with Gasteiger partial charge in [-0.3, -0.25) is 9.59 Å². The van der Waals surface area contributed by atoms with Crippen LogP contribution in [0.3, 0.4) is 0 Å². The number of hydrogen-bond acceptors (Lipinski definition) is 3. The number of nitriles is 1. The van der Waals surface area contributed by atoms with Crippen molar-refractivity contribution in [3.05, 3.63) is 33.5 Å². The maximum Gasteiger partial charge on any atom is 0.268 e. The Balaban J connectivity index is 1.69. The summed E-state index contributed by atoms with van der Waals surface area (Å²) in [6, 6.07) is 6.09. The van der Waals surface area contributed by atoms with E-state index in [2.05, 4.69) is 32.9 Å². The molecule has 0 saturated carbocycles. The number of nitrogens with one attached hydrogen (secondary N) is 2. The smallest absolute Gasteiger partial charge is 0.268 e. The van der Waals surface area contributed by atoms with E-state index in [1.165, 1.54) is 6.20 Å². The molecule has 9 heteroatoms. The predicted octanol–water partition coefficient (Wildman–Crippen LogP) is 2.26. The Morgan fingerprint density at radius 3 is 2.96 bits per heavy atom. The zero-order valence-electron chi connectivity index (χ0n) is 12.9. The highest BCUT2D eigenvalue weighted by atomic mass is 127. The van der Waals surface area contributed by atoms with Crippen molar-refractivity contribution < 1.29 is 18.4 Å². The van der Waals surface area contributed by atoms with Crippen molar-refractivity contribution in [1.29, 1.82) is 5.26 Å². The van der Waals surface area contributed by atoms with Crippen molar-refractivity contribution in [2.45, 2.75) is 18.4 Å². The highest BCUT2D eigenvalue weighted by Gasteiger charge is 2.47. The highest BCUT2D eigenvalue weighted by Crippen LogP contribution is 2.31. The number of carbonyl (C=O) groups is 2. The van der Waals surface area contributed by atoms with E-state index in [4.69, 9.17) is 5.26 Å². The molecule has 6 nitrogen and oxygen atoms in total. The molecule has 1 aliphatic heterocycles. The number of alkyl halides is 2. The quantitative estimate of drug-likeness (QED) is 0.692. The molecule has 0 aliphatic carbocycles. The fraction of sp³-hybridized carbons (Fsp3) is 0.312. The molecule has 2 N–H and O–H groups in total. The van der Waals surface area contributed by atoms with Crippen LogP contribution >= 0.6 is 22.6 Å². The van der Waals surface area contributed by atoms with Gasteiger partial charge in [-0.25, -0.2) is 8.78 Å². The number of aromatic amines is 1. The first-order valence-corrected chi connectivity index (χ1v) is 8.50. The molecular formula is C16H13F2IN4O2. The van der Waals surface area contributed by atoms with Gasteiger partial charge in [0, 0.05) is 27.1 Å². The Bertz CT molecular complexity index is 890. The minimum atomic E-state index is -3.08. The number of carbonyl (C=O) groups excluding carboxylic acids is 2. The van der Waals surface area contributed by atoms with Crippen molar-refractivity contribution in [3.8, 4) is 6.07 Å². The molecule has 1 aromatic heterocycles. The zero-order valence-corrected chi connectivity index (χ0v) is 15.0. The molecule has 0 spiro atoms. The van der Waals surface area contributed by atoms with Gasteiger partial charge in [0.15, 0.2) is 0 Å². The number of benzene rings is 1. The summed E-state index contributed by atoms with van der Waals surface area (Å²) >= 11 is 2.12. The lowest BCUT2D eigenvalue weighted by atomic mass is 10.1. The third-order valence-electron chi connectivity index (χ3n) is 4.03. The number of amides is 2. The number of halogens is 3. The van der Waals surface area contributed by atoms with Crippen LogP contribution in [0.15, 0.2) is 24.4 Å². The summed E-state index contributed by atoms with van der Waals surface area (Å²) in [5.74, 6) is -4.26. The molecule has 0 bridgehead atoms. The maximum atomic E-state index is 13.4. The van der Waals surface area contributed by atoms with Crippen LogP contribution in [0.1, 0.15) is 16.8 Å². The first-order chi connectivity index (χ1) is 11.8. The monoisotopic (exact) mass is 458 g/mol. The lowest BCUT2D eigenvalue weighted by Crippen LogP contribution is -2.42. The number of hydrogen-bond donors (Lipinski definition) is 2. The van der Waals surface area contributed by atoms with E-state index < -0.39 is 43.3 Å². The average molecular weight is 458 g/mol. The number of aromatic nitrogens is 1. The Hall–Kier alpha value is -2.22. The van der Waals surface area contributed by atoms with Gasteiger partial charge in [0.2, 0.25) is 5.91 Å². The van der Waals surface area contributed by atoms with Crippen LogP contribution in [0, 0.1) is 14.9 Å². The van der Waals surface area contributed by atoms with Gasteiger partial charge < -0.3 is 15.2 Å². The van der Waals surface area contributed by atoms with E-state index in [0.717, 1.165) is 14.0 Å². The van der Waals surface area contributed by atoms with Crippen molar-refractivity contribution in [2.24, 2.45) is 0 Å². The number of nitrogens with zero attached hydrogens (tertiary/aromatic N) is 2. The summed E-state index contributed by atoms with van der Waals surface area (Å²) in [7, 11) is 0. The first kappa shape index (κ1) is 17.6. The van der Waals surface area contributed by atoms with Crippen LogP contribution in [0.4, 0.5) is 8.78 Å². The number of rotatable bonds is 3. The lowest BCUT2D eigenvalue weighted by molar-refractivity contribution is -0.131. The molecule has 2 amide bonds. The lowest BCUT2D eigenvalue weighted by Gasteiger charge is -2.19. The molecule has 1 saturated heterocycles. The molecule has 1 atom stereocenters. The Labute approximate surface area is 155 Å². The predicted molar refractivity (Wildman–Crippen MR) is 94.0 cm³/mol. The standard InChI is InChI=1S/C16H13F2IN4O2/c17-16(18)4-10(5-20)23(8-16)14(24)7-22-15(25)12-6-21-13-2-1-9(19)3-11(12)13/h1-3,6,10,21H,4,7-8H2,(H,22,25)/t10-/m0/s1. The topological polar surface area (TPSA) is 89.0 Å².